The van der Waals surface area contributed by atoms with Crippen LogP contribution >= 0.6 is 11.6 Å². The van der Waals surface area contributed by atoms with Gasteiger partial charge in [0.05, 0.1) is 12.7 Å². The van der Waals surface area contributed by atoms with Gasteiger partial charge in [0.15, 0.2) is 0 Å². The fraction of sp³-hybridized carbons (Fsp3) is 0.538. The lowest BCUT2D eigenvalue weighted by Crippen LogP contribution is -2.32. The predicted octanol–water partition coefficient (Wildman–Crippen LogP) is 2.39. The van der Waals surface area contributed by atoms with Gasteiger partial charge in [-0.1, -0.05) is 23.7 Å². The Kier molecular flexibility index (Phi) is 6.52. The number of halogens is 1. The molecule has 1 unspecified atom stereocenters. The second-order valence-corrected chi connectivity index (χ2v) is 4.43. The van der Waals surface area contributed by atoms with Crippen molar-refractivity contribution in [1.82, 2.24) is 5.32 Å². The molecule has 0 aliphatic carbocycles. The van der Waals surface area contributed by atoms with Gasteiger partial charge in [0, 0.05) is 24.2 Å². The first-order valence-electron chi connectivity index (χ1n) is 5.88. The summed E-state index contributed by atoms with van der Waals surface area (Å²) < 4.78 is 5.14. The van der Waals surface area contributed by atoms with E-state index in [2.05, 4.69) is 5.32 Å². The predicted molar refractivity (Wildman–Crippen MR) is 70.4 cm³/mol. The molecule has 0 fully saturated rings. The first-order chi connectivity index (χ1) is 8.13. The smallest absolute Gasteiger partial charge is 0.0897 e. The Hall–Kier alpha value is -0.610. The van der Waals surface area contributed by atoms with Crippen LogP contribution in [0.25, 0.3) is 0 Å². The molecule has 3 nitrogen and oxygen atoms in total. The summed E-state index contributed by atoms with van der Waals surface area (Å²) in [6.07, 6.45) is -0.475. The van der Waals surface area contributed by atoms with E-state index in [9.17, 15) is 5.11 Å². The van der Waals surface area contributed by atoms with E-state index in [4.69, 9.17) is 16.3 Å². The van der Waals surface area contributed by atoms with Crippen molar-refractivity contribution in [1.29, 1.82) is 0 Å². The van der Waals surface area contributed by atoms with Gasteiger partial charge in [-0.3, -0.25) is 0 Å². The SMILES string of the molecule is CCOCC(O)CN[C@H](C)c1cccc(Cl)c1. The maximum Gasteiger partial charge on any atom is 0.0897 e. The Labute approximate surface area is 108 Å². The second-order valence-electron chi connectivity index (χ2n) is 4.00. The van der Waals surface area contributed by atoms with Crippen LogP contribution in [0.4, 0.5) is 0 Å². The van der Waals surface area contributed by atoms with E-state index in [1.165, 1.54) is 0 Å². The van der Waals surface area contributed by atoms with Gasteiger partial charge in [-0.15, -0.1) is 0 Å². The van der Waals surface area contributed by atoms with Gasteiger partial charge in [0.25, 0.3) is 0 Å². The van der Waals surface area contributed by atoms with Gasteiger partial charge >= 0.3 is 0 Å². The highest BCUT2D eigenvalue weighted by atomic mass is 35.5. The summed E-state index contributed by atoms with van der Waals surface area (Å²) in [4.78, 5) is 0. The Bertz CT molecular complexity index is 333. The molecule has 96 valence electrons. The lowest BCUT2D eigenvalue weighted by molar-refractivity contribution is 0.0416. The van der Waals surface area contributed by atoms with Crippen LogP contribution in [0.5, 0.6) is 0 Å². The lowest BCUT2D eigenvalue weighted by atomic mass is 10.1. The molecular formula is C13H20ClNO2. The van der Waals surface area contributed by atoms with E-state index < -0.39 is 6.10 Å². The number of hydrogen-bond acceptors (Lipinski definition) is 3. The maximum absolute atomic E-state index is 9.62. The Balaban J connectivity index is 2.36. The lowest BCUT2D eigenvalue weighted by Gasteiger charge is -2.17. The van der Waals surface area contributed by atoms with Crippen molar-refractivity contribution in [3.05, 3.63) is 34.9 Å². The quantitative estimate of drug-likeness (QED) is 0.788. The number of nitrogens with one attached hydrogen (secondary N) is 1. The van der Waals surface area contributed by atoms with Crippen LogP contribution in [0, 0.1) is 0 Å². The van der Waals surface area contributed by atoms with Crippen LogP contribution in [-0.4, -0.2) is 31.0 Å². The third-order valence-corrected chi connectivity index (χ3v) is 2.76. The summed E-state index contributed by atoms with van der Waals surface area (Å²) in [6.45, 7) is 5.45. The molecule has 1 rings (SSSR count). The van der Waals surface area contributed by atoms with Crippen LogP contribution in [0.15, 0.2) is 24.3 Å². The van der Waals surface area contributed by atoms with E-state index in [1.54, 1.807) is 0 Å². The first kappa shape index (κ1) is 14.5. The monoisotopic (exact) mass is 257 g/mol. The van der Waals surface area contributed by atoms with Crippen molar-refractivity contribution in [2.75, 3.05) is 19.8 Å². The number of benzene rings is 1. The van der Waals surface area contributed by atoms with Gasteiger partial charge in [-0.05, 0) is 31.5 Å². The van der Waals surface area contributed by atoms with Crippen molar-refractivity contribution in [2.45, 2.75) is 26.0 Å². The summed E-state index contributed by atoms with van der Waals surface area (Å²) in [5, 5.41) is 13.6. The zero-order valence-electron chi connectivity index (χ0n) is 10.3. The zero-order chi connectivity index (χ0) is 12.7. The molecule has 0 heterocycles. The number of aliphatic hydroxyl groups is 1. The standard InChI is InChI=1S/C13H20ClNO2/c1-3-17-9-13(16)8-15-10(2)11-5-4-6-12(14)7-11/h4-7,10,13,15-16H,3,8-9H2,1-2H3/t10-,13?/m1/s1. The summed E-state index contributed by atoms with van der Waals surface area (Å²) in [5.41, 5.74) is 1.11. The van der Waals surface area contributed by atoms with Crippen molar-refractivity contribution in [3.63, 3.8) is 0 Å². The Morgan fingerprint density at radius 1 is 1.47 bits per heavy atom. The summed E-state index contributed by atoms with van der Waals surface area (Å²) in [5.74, 6) is 0. The minimum atomic E-state index is -0.475. The van der Waals surface area contributed by atoms with E-state index in [-0.39, 0.29) is 6.04 Å². The summed E-state index contributed by atoms with van der Waals surface area (Å²) in [7, 11) is 0. The molecule has 0 aliphatic heterocycles. The van der Waals surface area contributed by atoms with Gasteiger partial charge in [-0.25, -0.2) is 0 Å². The summed E-state index contributed by atoms with van der Waals surface area (Å²) >= 11 is 5.92. The molecule has 2 N–H and O–H groups in total. The van der Waals surface area contributed by atoms with Crippen molar-refractivity contribution in [3.8, 4) is 0 Å². The zero-order valence-corrected chi connectivity index (χ0v) is 11.1. The largest absolute Gasteiger partial charge is 0.389 e. The van der Waals surface area contributed by atoms with Gasteiger partial charge < -0.3 is 15.2 Å². The topological polar surface area (TPSA) is 41.5 Å². The second kappa shape index (κ2) is 7.67. The maximum atomic E-state index is 9.62. The molecule has 4 heteroatoms. The van der Waals surface area contributed by atoms with Crippen LogP contribution < -0.4 is 5.32 Å². The normalized spacial score (nSPS) is 14.6. The van der Waals surface area contributed by atoms with Crippen molar-refractivity contribution < 1.29 is 9.84 Å². The molecule has 0 spiro atoms. The van der Waals surface area contributed by atoms with Crippen molar-refractivity contribution in [2.24, 2.45) is 0 Å². The minimum Gasteiger partial charge on any atom is -0.389 e. The third-order valence-electron chi connectivity index (χ3n) is 2.52. The molecule has 1 aromatic rings. The van der Waals surface area contributed by atoms with Crippen LogP contribution in [-0.2, 0) is 4.74 Å². The third kappa shape index (κ3) is 5.50. The molecule has 0 aromatic heterocycles. The number of aliphatic hydroxyl groups excluding tert-OH is 1. The number of rotatable bonds is 7. The molecule has 0 aliphatic rings. The van der Waals surface area contributed by atoms with Crippen LogP contribution in [0.3, 0.4) is 0 Å². The average Bonchev–Trinajstić information content (AvgIpc) is 2.33. The molecule has 0 saturated heterocycles. The van der Waals surface area contributed by atoms with E-state index in [1.807, 2.05) is 38.1 Å². The highest BCUT2D eigenvalue weighted by Crippen LogP contribution is 2.17. The fourth-order valence-electron chi connectivity index (χ4n) is 1.52. The fourth-order valence-corrected chi connectivity index (χ4v) is 1.72. The number of ether oxygens (including phenoxy) is 1. The van der Waals surface area contributed by atoms with Gasteiger partial charge in [-0.2, -0.15) is 0 Å². The van der Waals surface area contributed by atoms with Crippen LogP contribution in [0.2, 0.25) is 5.02 Å². The molecule has 17 heavy (non-hydrogen) atoms. The molecule has 0 saturated carbocycles. The van der Waals surface area contributed by atoms with E-state index in [0.717, 1.165) is 10.6 Å². The summed E-state index contributed by atoms with van der Waals surface area (Å²) in [6, 6.07) is 7.87. The first-order valence-corrected chi connectivity index (χ1v) is 6.26. The average molecular weight is 258 g/mol. The molecule has 0 bridgehead atoms. The minimum absolute atomic E-state index is 0.157. The number of hydrogen-bond donors (Lipinski definition) is 2. The van der Waals surface area contributed by atoms with Crippen molar-refractivity contribution >= 4 is 11.6 Å². The molecule has 0 radical (unpaired) electrons. The highest BCUT2D eigenvalue weighted by molar-refractivity contribution is 6.30. The van der Waals surface area contributed by atoms with E-state index >= 15 is 0 Å². The Morgan fingerprint density at radius 2 is 2.24 bits per heavy atom. The Morgan fingerprint density at radius 3 is 2.88 bits per heavy atom. The van der Waals surface area contributed by atoms with Gasteiger partial charge in [0.2, 0.25) is 0 Å². The molecule has 0 amide bonds. The molecule has 1 aromatic carbocycles. The molecule has 2 atom stereocenters. The highest BCUT2D eigenvalue weighted by Gasteiger charge is 2.08. The van der Waals surface area contributed by atoms with E-state index in [0.29, 0.717) is 19.8 Å². The van der Waals surface area contributed by atoms with Gasteiger partial charge in [0.1, 0.15) is 0 Å². The molecular weight excluding hydrogens is 238 g/mol. The van der Waals surface area contributed by atoms with Crippen LogP contribution in [0.1, 0.15) is 25.5 Å².